The number of rotatable bonds is 6. The molecule has 0 aliphatic carbocycles. The van der Waals surface area contributed by atoms with Crippen molar-refractivity contribution in [3.05, 3.63) is 48.3 Å². The second-order valence-corrected chi connectivity index (χ2v) is 3.11. The minimum Gasteiger partial charge on any atom is -0.370 e. The Labute approximate surface area is 88.4 Å². The first-order chi connectivity index (χ1) is 7.24. The standard InChI is InChI=1S/C12H13FO2/c1-2-7-15-9-11(14)8-10-5-3-4-6-12(10)13/h2-6H,1,7-9H2. The Balaban J connectivity index is 2.44. The maximum absolute atomic E-state index is 13.1. The Morgan fingerprint density at radius 3 is 2.87 bits per heavy atom. The molecule has 0 amide bonds. The van der Waals surface area contributed by atoms with Gasteiger partial charge in [-0.15, -0.1) is 6.58 Å². The zero-order chi connectivity index (χ0) is 11.1. The van der Waals surface area contributed by atoms with Crippen molar-refractivity contribution >= 4 is 5.78 Å². The highest BCUT2D eigenvalue weighted by molar-refractivity contribution is 5.82. The van der Waals surface area contributed by atoms with E-state index >= 15 is 0 Å². The van der Waals surface area contributed by atoms with Crippen LogP contribution < -0.4 is 0 Å². The van der Waals surface area contributed by atoms with Gasteiger partial charge in [0.15, 0.2) is 5.78 Å². The van der Waals surface area contributed by atoms with E-state index in [1.807, 2.05) is 0 Å². The van der Waals surface area contributed by atoms with E-state index in [0.29, 0.717) is 12.2 Å². The number of carbonyl (C=O) groups is 1. The largest absolute Gasteiger partial charge is 0.370 e. The SMILES string of the molecule is C=CCOCC(=O)Cc1ccccc1F. The van der Waals surface area contributed by atoms with Crippen molar-refractivity contribution in [1.29, 1.82) is 0 Å². The van der Waals surface area contributed by atoms with Gasteiger partial charge in [-0.05, 0) is 11.6 Å². The molecule has 0 saturated carbocycles. The van der Waals surface area contributed by atoms with Gasteiger partial charge < -0.3 is 4.74 Å². The molecule has 0 radical (unpaired) electrons. The summed E-state index contributed by atoms with van der Waals surface area (Å²) in [6, 6.07) is 6.24. The summed E-state index contributed by atoms with van der Waals surface area (Å²) < 4.78 is 18.1. The summed E-state index contributed by atoms with van der Waals surface area (Å²) in [6.07, 6.45) is 1.64. The lowest BCUT2D eigenvalue weighted by atomic mass is 10.1. The highest BCUT2D eigenvalue weighted by atomic mass is 19.1. The Kier molecular flexibility index (Phi) is 4.71. The Bertz CT molecular complexity index is 347. The van der Waals surface area contributed by atoms with Gasteiger partial charge in [0, 0.05) is 6.42 Å². The number of carbonyl (C=O) groups excluding carboxylic acids is 1. The van der Waals surface area contributed by atoms with Crippen LogP contribution in [-0.4, -0.2) is 19.0 Å². The molecule has 0 atom stereocenters. The van der Waals surface area contributed by atoms with Crippen LogP contribution in [0.15, 0.2) is 36.9 Å². The van der Waals surface area contributed by atoms with Crippen molar-refractivity contribution in [2.24, 2.45) is 0 Å². The minimum absolute atomic E-state index is 0.000351. The maximum atomic E-state index is 13.1. The molecule has 0 N–H and O–H groups in total. The fourth-order valence-corrected chi connectivity index (χ4v) is 1.16. The number of hydrogen-bond donors (Lipinski definition) is 0. The summed E-state index contributed by atoms with van der Waals surface area (Å²) in [5.74, 6) is -0.489. The molecule has 0 saturated heterocycles. The Hall–Kier alpha value is -1.48. The van der Waals surface area contributed by atoms with Gasteiger partial charge in [0.2, 0.25) is 0 Å². The molecule has 0 aromatic heterocycles. The van der Waals surface area contributed by atoms with E-state index in [1.54, 1.807) is 24.3 Å². The fourth-order valence-electron chi connectivity index (χ4n) is 1.16. The van der Waals surface area contributed by atoms with Gasteiger partial charge >= 0.3 is 0 Å². The molecular formula is C12H13FO2. The van der Waals surface area contributed by atoms with Crippen LogP contribution in [0.5, 0.6) is 0 Å². The van der Waals surface area contributed by atoms with Crippen LogP contribution in [0.4, 0.5) is 4.39 Å². The maximum Gasteiger partial charge on any atom is 0.162 e. The molecule has 0 unspecified atom stereocenters. The number of benzene rings is 1. The third kappa shape index (κ3) is 4.04. The normalized spacial score (nSPS) is 9.93. The molecule has 80 valence electrons. The molecule has 0 spiro atoms. The molecule has 15 heavy (non-hydrogen) atoms. The number of halogens is 1. The Morgan fingerprint density at radius 2 is 2.20 bits per heavy atom. The number of hydrogen-bond acceptors (Lipinski definition) is 2. The summed E-state index contributed by atoms with van der Waals surface area (Å²) in [6.45, 7) is 3.80. The summed E-state index contributed by atoms with van der Waals surface area (Å²) in [4.78, 5) is 11.3. The first-order valence-corrected chi connectivity index (χ1v) is 4.67. The molecule has 1 rings (SSSR count). The zero-order valence-electron chi connectivity index (χ0n) is 8.41. The van der Waals surface area contributed by atoms with E-state index in [2.05, 4.69) is 6.58 Å². The lowest BCUT2D eigenvalue weighted by Crippen LogP contribution is -2.12. The quantitative estimate of drug-likeness (QED) is 0.529. The van der Waals surface area contributed by atoms with Crippen LogP contribution in [0, 0.1) is 5.82 Å². The summed E-state index contributed by atoms with van der Waals surface area (Å²) >= 11 is 0. The molecule has 3 heteroatoms. The van der Waals surface area contributed by atoms with Crippen molar-refractivity contribution in [3.63, 3.8) is 0 Å². The predicted octanol–water partition coefficient (Wildman–Crippen LogP) is 2.14. The lowest BCUT2D eigenvalue weighted by molar-refractivity contribution is -0.122. The second kappa shape index (κ2) is 6.09. The second-order valence-electron chi connectivity index (χ2n) is 3.11. The first-order valence-electron chi connectivity index (χ1n) is 4.67. The van der Waals surface area contributed by atoms with Gasteiger partial charge in [-0.3, -0.25) is 4.79 Å². The van der Waals surface area contributed by atoms with Crippen molar-refractivity contribution in [2.45, 2.75) is 6.42 Å². The summed E-state index contributed by atoms with van der Waals surface area (Å²) in [7, 11) is 0. The molecule has 0 fully saturated rings. The molecule has 1 aromatic carbocycles. The molecule has 0 aliphatic rings. The van der Waals surface area contributed by atoms with Crippen LogP contribution in [0.2, 0.25) is 0 Å². The monoisotopic (exact) mass is 208 g/mol. The van der Waals surface area contributed by atoms with Gasteiger partial charge in [0.25, 0.3) is 0 Å². The van der Waals surface area contributed by atoms with E-state index in [-0.39, 0.29) is 24.6 Å². The van der Waals surface area contributed by atoms with E-state index in [9.17, 15) is 9.18 Å². The third-order valence-corrected chi connectivity index (χ3v) is 1.84. The molecule has 1 aromatic rings. The van der Waals surface area contributed by atoms with Crippen LogP contribution in [0.25, 0.3) is 0 Å². The highest BCUT2D eigenvalue weighted by Crippen LogP contribution is 2.07. The smallest absolute Gasteiger partial charge is 0.162 e. The van der Waals surface area contributed by atoms with Gasteiger partial charge in [0.1, 0.15) is 12.4 Å². The average Bonchev–Trinajstić information content (AvgIpc) is 2.22. The van der Waals surface area contributed by atoms with Gasteiger partial charge in [0.05, 0.1) is 6.61 Å². The van der Waals surface area contributed by atoms with E-state index in [0.717, 1.165) is 0 Å². The molecule has 0 bridgehead atoms. The molecular weight excluding hydrogens is 195 g/mol. The summed E-state index contributed by atoms with van der Waals surface area (Å²) in [5, 5.41) is 0. The van der Waals surface area contributed by atoms with Crippen LogP contribution in [0.3, 0.4) is 0 Å². The zero-order valence-corrected chi connectivity index (χ0v) is 8.41. The highest BCUT2D eigenvalue weighted by Gasteiger charge is 2.07. The van der Waals surface area contributed by atoms with Crippen LogP contribution in [0.1, 0.15) is 5.56 Å². The third-order valence-electron chi connectivity index (χ3n) is 1.84. The van der Waals surface area contributed by atoms with Crippen molar-refractivity contribution in [1.82, 2.24) is 0 Å². The van der Waals surface area contributed by atoms with Crippen LogP contribution in [-0.2, 0) is 16.0 Å². The molecule has 0 heterocycles. The lowest BCUT2D eigenvalue weighted by Gasteiger charge is -2.02. The average molecular weight is 208 g/mol. The van der Waals surface area contributed by atoms with Gasteiger partial charge in [-0.2, -0.15) is 0 Å². The van der Waals surface area contributed by atoms with E-state index in [4.69, 9.17) is 4.74 Å². The number of ketones is 1. The van der Waals surface area contributed by atoms with Crippen molar-refractivity contribution in [2.75, 3.05) is 13.2 Å². The number of ether oxygens (including phenoxy) is 1. The van der Waals surface area contributed by atoms with E-state index in [1.165, 1.54) is 6.07 Å². The van der Waals surface area contributed by atoms with E-state index < -0.39 is 0 Å². The summed E-state index contributed by atoms with van der Waals surface area (Å²) in [5.41, 5.74) is 0.407. The van der Waals surface area contributed by atoms with Crippen LogP contribution >= 0.6 is 0 Å². The predicted molar refractivity (Wildman–Crippen MR) is 56.1 cm³/mol. The Morgan fingerprint density at radius 1 is 1.47 bits per heavy atom. The van der Waals surface area contributed by atoms with Gasteiger partial charge in [-0.25, -0.2) is 4.39 Å². The van der Waals surface area contributed by atoms with Crippen molar-refractivity contribution in [3.8, 4) is 0 Å². The molecule has 2 nitrogen and oxygen atoms in total. The van der Waals surface area contributed by atoms with Gasteiger partial charge in [-0.1, -0.05) is 24.3 Å². The van der Waals surface area contributed by atoms with Crippen molar-refractivity contribution < 1.29 is 13.9 Å². The number of Topliss-reactive ketones (excluding diaryl/α,β-unsaturated/α-hetero) is 1. The first kappa shape index (κ1) is 11.6. The minimum atomic E-state index is -0.352. The topological polar surface area (TPSA) is 26.3 Å². The molecule has 0 aliphatic heterocycles. The fraction of sp³-hybridized carbons (Fsp3) is 0.250.